The summed E-state index contributed by atoms with van der Waals surface area (Å²) in [5.41, 5.74) is 1.10. The molecule has 1 aromatic carbocycles. The molecular formula is C19H26N4OS2. The Bertz CT molecular complexity index is 701. The maximum atomic E-state index is 12.5. The lowest BCUT2D eigenvalue weighted by Gasteiger charge is -2.21. The Hall–Kier alpha value is -1.60. The van der Waals surface area contributed by atoms with Gasteiger partial charge >= 0.3 is 0 Å². The molecule has 0 aliphatic heterocycles. The first-order valence-electron chi connectivity index (χ1n) is 9.24. The van der Waals surface area contributed by atoms with Crippen LogP contribution in [0.2, 0.25) is 0 Å². The molecule has 1 saturated carbocycles. The summed E-state index contributed by atoms with van der Waals surface area (Å²) in [5, 5.41) is 15.7. The monoisotopic (exact) mass is 390 g/mol. The molecule has 5 nitrogen and oxygen atoms in total. The molecule has 0 radical (unpaired) electrons. The quantitative estimate of drug-likeness (QED) is 0.674. The van der Waals surface area contributed by atoms with E-state index >= 15 is 0 Å². The van der Waals surface area contributed by atoms with Crippen LogP contribution in [0.3, 0.4) is 0 Å². The number of thioether (sulfide) groups is 1. The van der Waals surface area contributed by atoms with Crippen molar-refractivity contribution >= 4 is 34.1 Å². The zero-order chi connectivity index (χ0) is 18.4. The Labute approximate surface area is 163 Å². The van der Waals surface area contributed by atoms with Crippen LogP contribution in [0.1, 0.15) is 57.6 Å². The Morgan fingerprint density at radius 3 is 2.62 bits per heavy atom. The summed E-state index contributed by atoms with van der Waals surface area (Å²) in [6.45, 7) is 3.91. The highest BCUT2D eigenvalue weighted by molar-refractivity contribution is 8.02. The van der Waals surface area contributed by atoms with Crippen molar-refractivity contribution in [3.05, 3.63) is 35.9 Å². The van der Waals surface area contributed by atoms with Crippen LogP contribution in [0.15, 0.2) is 34.7 Å². The summed E-state index contributed by atoms with van der Waals surface area (Å²) in [4.78, 5) is 12.5. The van der Waals surface area contributed by atoms with Gasteiger partial charge in [0.05, 0.1) is 11.3 Å². The molecule has 1 amide bonds. The standard InChI is InChI=1S/C19H26N4OS2/c1-13(15-9-5-3-6-10-15)20-17(24)14(2)25-19-23-22-18(26-19)21-16-11-7-4-8-12-16/h3,5-6,9-10,13-14,16H,4,7-8,11-12H2,1-2H3,(H,20,24)(H,21,22). The van der Waals surface area contributed by atoms with Gasteiger partial charge in [-0.3, -0.25) is 4.79 Å². The van der Waals surface area contributed by atoms with Gasteiger partial charge in [0.2, 0.25) is 11.0 Å². The van der Waals surface area contributed by atoms with Crippen LogP contribution in [0.4, 0.5) is 5.13 Å². The highest BCUT2D eigenvalue weighted by atomic mass is 32.2. The van der Waals surface area contributed by atoms with Crippen molar-refractivity contribution in [3.8, 4) is 0 Å². The first-order chi connectivity index (χ1) is 12.6. The van der Waals surface area contributed by atoms with Gasteiger partial charge < -0.3 is 10.6 Å². The predicted octanol–water partition coefficient (Wildman–Crippen LogP) is 4.64. The molecule has 0 bridgehead atoms. The Kier molecular flexibility index (Phi) is 6.91. The highest BCUT2D eigenvalue weighted by Crippen LogP contribution is 2.31. The fraction of sp³-hybridized carbons (Fsp3) is 0.526. The molecule has 1 aromatic heterocycles. The predicted molar refractivity (Wildman–Crippen MR) is 109 cm³/mol. The van der Waals surface area contributed by atoms with Crippen LogP contribution in [-0.2, 0) is 4.79 Å². The molecule has 3 rings (SSSR count). The van der Waals surface area contributed by atoms with Crippen molar-refractivity contribution in [2.24, 2.45) is 0 Å². The third-order valence-electron chi connectivity index (χ3n) is 4.64. The summed E-state index contributed by atoms with van der Waals surface area (Å²) in [7, 11) is 0. The second-order valence-electron chi connectivity index (χ2n) is 6.75. The average Bonchev–Trinajstić information content (AvgIpc) is 3.10. The summed E-state index contributed by atoms with van der Waals surface area (Å²) >= 11 is 3.00. The summed E-state index contributed by atoms with van der Waals surface area (Å²) in [5.74, 6) is 0.0170. The van der Waals surface area contributed by atoms with E-state index in [2.05, 4.69) is 20.8 Å². The van der Waals surface area contributed by atoms with Gasteiger partial charge in [-0.2, -0.15) is 0 Å². The van der Waals surface area contributed by atoms with E-state index in [1.165, 1.54) is 55.2 Å². The third-order valence-corrected chi connectivity index (χ3v) is 6.68. The van der Waals surface area contributed by atoms with Crippen molar-refractivity contribution in [2.45, 2.75) is 67.6 Å². The number of hydrogen-bond acceptors (Lipinski definition) is 6. The van der Waals surface area contributed by atoms with E-state index in [-0.39, 0.29) is 17.2 Å². The van der Waals surface area contributed by atoms with E-state index in [4.69, 9.17) is 0 Å². The van der Waals surface area contributed by atoms with Crippen LogP contribution in [0, 0.1) is 0 Å². The number of aromatic nitrogens is 2. The SMILES string of the molecule is CC(Sc1nnc(NC2CCCCC2)s1)C(=O)NC(C)c1ccccc1. The number of benzene rings is 1. The van der Waals surface area contributed by atoms with Gasteiger partial charge in [0.15, 0.2) is 4.34 Å². The molecule has 26 heavy (non-hydrogen) atoms. The Balaban J connectivity index is 1.49. The number of carbonyl (C=O) groups is 1. The van der Waals surface area contributed by atoms with Gasteiger partial charge in [-0.05, 0) is 32.3 Å². The number of rotatable bonds is 7. The molecule has 0 spiro atoms. The zero-order valence-electron chi connectivity index (χ0n) is 15.3. The Morgan fingerprint density at radius 2 is 1.88 bits per heavy atom. The van der Waals surface area contributed by atoms with Crippen LogP contribution >= 0.6 is 23.1 Å². The second kappa shape index (κ2) is 9.37. The second-order valence-corrected chi connectivity index (χ2v) is 9.32. The van der Waals surface area contributed by atoms with Gasteiger partial charge in [0.1, 0.15) is 0 Å². The minimum Gasteiger partial charge on any atom is -0.357 e. The summed E-state index contributed by atoms with van der Waals surface area (Å²) in [6, 6.07) is 10.5. The molecule has 1 aliphatic rings. The van der Waals surface area contributed by atoms with Gasteiger partial charge in [-0.15, -0.1) is 10.2 Å². The molecule has 1 fully saturated rings. The zero-order valence-corrected chi connectivity index (χ0v) is 16.9. The van der Waals surface area contributed by atoms with E-state index < -0.39 is 0 Å². The number of carbonyl (C=O) groups excluding carboxylic acids is 1. The first kappa shape index (κ1) is 19.2. The first-order valence-corrected chi connectivity index (χ1v) is 10.9. The van der Waals surface area contributed by atoms with E-state index in [9.17, 15) is 4.79 Å². The molecule has 1 heterocycles. The maximum absolute atomic E-state index is 12.5. The van der Waals surface area contributed by atoms with Crippen molar-refractivity contribution in [1.29, 1.82) is 0 Å². The molecule has 1 aliphatic carbocycles. The fourth-order valence-electron chi connectivity index (χ4n) is 3.10. The summed E-state index contributed by atoms with van der Waals surface area (Å²) < 4.78 is 0.832. The molecule has 2 unspecified atom stereocenters. The lowest BCUT2D eigenvalue weighted by molar-refractivity contribution is -0.120. The van der Waals surface area contributed by atoms with Gasteiger partial charge in [0, 0.05) is 6.04 Å². The third kappa shape index (κ3) is 5.45. The van der Waals surface area contributed by atoms with Crippen molar-refractivity contribution in [1.82, 2.24) is 15.5 Å². The van der Waals surface area contributed by atoms with Crippen LogP contribution in [0.5, 0.6) is 0 Å². The van der Waals surface area contributed by atoms with Gasteiger partial charge in [0.25, 0.3) is 0 Å². The number of amides is 1. The smallest absolute Gasteiger partial charge is 0.233 e. The van der Waals surface area contributed by atoms with E-state index in [1.807, 2.05) is 44.2 Å². The lowest BCUT2D eigenvalue weighted by atomic mass is 9.96. The van der Waals surface area contributed by atoms with Crippen LogP contribution in [-0.4, -0.2) is 27.4 Å². The molecule has 2 atom stereocenters. The number of hydrogen-bond donors (Lipinski definition) is 2. The fourth-order valence-corrected chi connectivity index (χ4v) is 5.08. The minimum absolute atomic E-state index is 0.00954. The van der Waals surface area contributed by atoms with Crippen molar-refractivity contribution in [3.63, 3.8) is 0 Å². The average molecular weight is 391 g/mol. The highest BCUT2D eigenvalue weighted by Gasteiger charge is 2.20. The van der Waals surface area contributed by atoms with E-state index in [0.717, 1.165) is 15.0 Å². The van der Waals surface area contributed by atoms with Gasteiger partial charge in [-0.1, -0.05) is 72.7 Å². The summed E-state index contributed by atoms with van der Waals surface area (Å²) in [6.07, 6.45) is 6.32. The molecular weight excluding hydrogens is 364 g/mol. The molecule has 2 N–H and O–H groups in total. The maximum Gasteiger partial charge on any atom is 0.233 e. The number of nitrogens with one attached hydrogen (secondary N) is 2. The van der Waals surface area contributed by atoms with E-state index in [1.54, 1.807) is 0 Å². The largest absolute Gasteiger partial charge is 0.357 e. The van der Waals surface area contributed by atoms with Crippen LogP contribution in [0.25, 0.3) is 0 Å². The Morgan fingerprint density at radius 1 is 1.15 bits per heavy atom. The lowest BCUT2D eigenvalue weighted by Crippen LogP contribution is -2.33. The topological polar surface area (TPSA) is 66.9 Å². The minimum atomic E-state index is -0.211. The normalized spacial score (nSPS) is 17.5. The van der Waals surface area contributed by atoms with Crippen molar-refractivity contribution < 1.29 is 4.79 Å². The van der Waals surface area contributed by atoms with E-state index in [0.29, 0.717) is 6.04 Å². The van der Waals surface area contributed by atoms with Crippen LogP contribution < -0.4 is 10.6 Å². The molecule has 2 aromatic rings. The van der Waals surface area contributed by atoms with Crippen molar-refractivity contribution in [2.75, 3.05) is 5.32 Å². The number of nitrogens with zero attached hydrogens (tertiary/aromatic N) is 2. The number of anilines is 1. The molecule has 7 heteroatoms. The van der Waals surface area contributed by atoms with Gasteiger partial charge in [-0.25, -0.2) is 0 Å². The molecule has 140 valence electrons. The molecule has 0 saturated heterocycles.